The van der Waals surface area contributed by atoms with Crippen molar-refractivity contribution in [2.75, 3.05) is 10.6 Å². The first-order chi connectivity index (χ1) is 12.7. The molecule has 0 aliphatic heterocycles. The van der Waals surface area contributed by atoms with E-state index >= 15 is 0 Å². The Kier molecular flexibility index (Phi) is 5.02. The van der Waals surface area contributed by atoms with Crippen molar-refractivity contribution in [1.82, 2.24) is 4.57 Å². The molecule has 0 saturated heterocycles. The van der Waals surface area contributed by atoms with Crippen LogP contribution in [0.15, 0.2) is 47.4 Å². The monoisotopic (exact) mass is 379 g/mol. The van der Waals surface area contributed by atoms with Crippen LogP contribution in [0.5, 0.6) is 0 Å². The number of amides is 2. The number of hydrogen-bond acceptors (Lipinski definition) is 3. The molecule has 1 aliphatic carbocycles. The van der Waals surface area contributed by atoms with Crippen LogP contribution in [-0.2, 0) is 22.3 Å². The lowest BCUT2D eigenvalue weighted by Gasteiger charge is -2.11. The van der Waals surface area contributed by atoms with E-state index in [4.69, 9.17) is 0 Å². The van der Waals surface area contributed by atoms with Gasteiger partial charge in [-0.2, -0.15) is 13.2 Å². The van der Waals surface area contributed by atoms with E-state index in [1.54, 1.807) is 24.3 Å². The van der Waals surface area contributed by atoms with Gasteiger partial charge in [-0.1, -0.05) is 0 Å². The predicted molar refractivity (Wildman–Crippen MR) is 92.1 cm³/mol. The van der Waals surface area contributed by atoms with Gasteiger partial charge in [0.2, 0.25) is 11.8 Å². The summed E-state index contributed by atoms with van der Waals surface area (Å²) in [5, 5.41) is 5.25. The Labute approximate surface area is 152 Å². The largest absolute Gasteiger partial charge is 0.417 e. The molecule has 0 bridgehead atoms. The molecule has 1 aromatic carbocycles. The molecular formula is C18H16F3N3O3. The van der Waals surface area contributed by atoms with Crippen molar-refractivity contribution in [3.05, 3.63) is 58.5 Å². The van der Waals surface area contributed by atoms with E-state index in [2.05, 4.69) is 10.6 Å². The zero-order valence-electron chi connectivity index (χ0n) is 14.0. The maximum atomic E-state index is 12.7. The number of pyridine rings is 1. The summed E-state index contributed by atoms with van der Waals surface area (Å²) >= 11 is 0. The lowest BCUT2D eigenvalue weighted by atomic mass is 10.2. The molecule has 0 radical (unpaired) electrons. The Hall–Kier alpha value is -3.10. The SMILES string of the molecule is O=C(Cn1cc(C(F)(F)F)ccc1=O)Nc1ccc(NC(=O)C2CC2)cc1. The molecule has 1 aromatic heterocycles. The van der Waals surface area contributed by atoms with Crippen LogP contribution in [0.2, 0.25) is 0 Å². The van der Waals surface area contributed by atoms with Crippen molar-refractivity contribution in [2.45, 2.75) is 25.6 Å². The molecule has 0 unspecified atom stereocenters. The number of carbonyl (C=O) groups is 2. The smallest absolute Gasteiger partial charge is 0.326 e. The number of nitrogens with zero attached hydrogens (tertiary/aromatic N) is 1. The summed E-state index contributed by atoms with van der Waals surface area (Å²) in [6.45, 7) is -0.553. The van der Waals surface area contributed by atoms with E-state index in [9.17, 15) is 27.6 Å². The first-order valence-corrected chi connectivity index (χ1v) is 8.21. The Bertz CT molecular complexity index is 916. The van der Waals surface area contributed by atoms with Gasteiger partial charge in [0.25, 0.3) is 5.56 Å². The molecular weight excluding hydrogens is 363 g/mol. The Morgan fingerprint density at radius 3 is 2.15 bits per heavy atom. The lowest BCUT2D eigenvalue weighted by molar-refractivity contribution is -0.138. The van der Waals surface area contributed by atoms with Crippen LogP contribution in [-0.4, -0.2) is 16.4 Å². The summed E-state index contributed by atoms with van der Waals surface area (Å²) in [5.74, 6) is -0.628. The molecule has 1 fully saturated rings. The van der Waals surface area contributed by atoms with Crippen LogP contribution in [0, 0.1) is 5.92 Å². The van der Waals surface area contributed by atoms with Crippen molar-refractivity contribution in [3.8, 4) is 0 Å². The van der Waals surface area contributed by atoms with Gasteiger partial charge in [-0.25, -0.2) is 0 Å². The normalized spacial score (nSPS) is 13.9. The van der Waals surface area contributed by atoms with E-state index in [1.165, 1.54) is 0 Å². The highest BCUT2D eigenvalue weighted by atomic mass is 19.4. The van der Waals surface area contributed by atoms with Crippen LogP contribution in [0.1, 0.15) is 18.4 Å². The molecule has 0 spiro atoms. The van der Waals surface area contributed by atoms with Gasteiger partial charge in [0.05, 0.1) is 5.56 Å². The van der Waals surface area contributed by atoms with Crippen molar-refractivity contribution < 1.29 is 22.8 Å². The van der Waals surface area contributed by atoms with Gasteiger partial charge in [0, 0.05) is 29.6 Å². The average molecular weight is 379 g/mol. The third-order valence-corrected chi connectivity index (χ3v) is 4.01. The second-order valence-corrected chi connectivity index (χ2v) is 6.27. The third kappa shape index (κ3) is 4.96. The zero-order valence-corrected chi connectivity index (χ0v) is 14.0. The number of hydrogen-bond donors (Lipinski definition) is 2. The second kappa shape index (κ2) is 7.26. The lowest BCUT2D eigenvalue weighted by Crippen LogP contribution is -2.28. The van der Waals surface area contributed by atoms with Crippen molar-refractivity contribution >= 4 is 23.2 Å². The standard InChI is InChI=1S/C18H16F3N3O3/c19-18(20,21)12-3-8-16(26)24(9-12)10-15(25)22-13-4-6-14(7-5-13)23-17(27)11-1-2-11/h3-9,11H,1-2,10H2,(H,22,25)(H,23,27). The first-order valence-electron chi connectivity index (χ1n) is 8.21. The Balaban J connectivity index is 1.62. The number of carbonyl (C=O) groups excluding carboxylic acids is 2. The molecule has 2 aromatic rings. The number of benzene rings is 1. The number of nitrogens with one attached hydrogen (secondary N) is 2. The topological polar surface area (TPSA) is 80.2 Å². The van der Waals surface area contributed by atoms with Crippen LogP contribution >= 0.6 is 0 Å². The van der Waals surface area contributed by atoms with Crippen molar-refractivity contribution in [3.63, 3.8) is 0 Å². The van der Waals surface area contributed by atoms with E-state index < -0.39 is 29.8 Å². The first kappa shape index (κ1) is 18.7. The number of halogens is 3. The molecule has 142 valence electrons. The minimum atomic E-state index is -4.60. The fourth-order valence-corrected chi connectivity index (χ4v) is 2.40. The summed E-state index contributed by atoms with van der Waals surface area (Å²) in [4.78, 5) is 35.4. The highest BCUT2D eigenvalue weighted by molar-refractivity contribution is 5.95. The second-order valence-electron chi connectivity index (χ2n) is 6.27. The van der Waals surface area contributed by atoms with E-state index in [-0.39, 0.29) is 11.8 Å². The number of anilines is 2. The fourth-order valence-electron chi connectivity index (χ4n) is 2.40. The maximum absolute atomic E-state index is 12.7. The number of rotatable bonds is 5. The van der Waals surface area contributed by atoms with Gasteiger partial charge in [-0.05, 0) is 43.2 Å². The molecule has 2 amide bonds. The highest BCUT2D eigenvalue weighted by Crippen LogP contribution is 2.30. The summed E-state index contributed by atoms with van der Waals surface area (Å²) in [6, 6.07) is 7.75. The summed E-state index contributed by atoms with van der Waals surface area (Å²) in [6.07, 6.45) is -2.23. The molecule has 0 atom stereocenters. The minimum absolute atomic E-state index is 0.0456. The van der Waals surface area contributed by atoms with Crippen molar-refractivity contribution in [1.29, 1.82) is 0 Å². The molecule has 2 N–H and O–H groups in total. The van der Waals surface area contributed by atoms with E-state index in [1.807, 2.05) is 0 Å². The molecule has 3 rings (SSSR count). The quantitative estimate of drug-likeness (QED) is 0.838. The van der Waals surface area contributed by atoms with Crippen LogP contribution in [0.25, 0.3) is 0 Å². The maximum Gasteiger partial charge on any atom is 0.417 e. The molecule has 1 aliphatic rings. The van der Waals surface area contributed by atoms with E-state index in [0.29, 0.717) is 28.2 Å². The van der Waals surface area contributed by atoms with Gasteiger partial charge >= 0.3 is 6.18 Å². The minimum Gasteiger partial charge on any atom is -0.326 e. The van der Waals surface area contributed by atoms with Crippen LogP contribution < -0.4 is 16.2 Å². The van der Waals surface area contributed by atoms with Gasteiger partial charge < -0.3 is 15.2 Å². The molecule has 9 heteroatoms. The molecule has 27 heavy (non-hydrogen) atoms. The van der Waals surface area contributed by atoms with E-state index in [0.717, 1.165) is 18.9 Å². The predicted octanol–water partition coefficient (Wildman–Crippen LogP) is 2.85. The Morgan fingerprint density at radius 1 is 1.00 bits per heavy atom. The molecule has 1 saturated carbocycles. The number of aromatic nitrogens is 1. The van der Waals surface area contributed by atoms with Gasteiger partial charge in [-0.15, -0.1) is 0 Å². The summed E-state index contributed by atoms with van der Waals surface area (Å²) in [7, 11) is 0. The molecule has 6 nitrogen and oxygen atoms in total. The van der Waals surface area contributed by atoms with Crippen LogP contribution in [0.4, 0.5) is 24.5 Å². The highest BCUT2D eigenvalue weighted by Gasteiger charge is 2.31. The summed E-state index contributed by atoms with van der Waals surface area (Å²) in [5.41, 5.74) is -0.745. The Morgan fingerprint density at radius 2 is 1.59 bits per heavy atom. The van der Waals surface area contributed by atoms with Gasteiger partial charge in [-0.3, -0.25) is 14.4 Å². The number of alkyl halides is 3. The zero-order chi connectivity index (χ0) is 19.6. The third-order valence-electron chi connectivity index (χ3n) is 4.01. The molecule has 1 heterocycles. The summed E-state index contributed by atoms with van der Waals surface area (Å²) < 4.78 is 38.9. The van der Waals surface area contributed by atoms with Gasteiger partial charge in [0.15, 0.2) is 0 Å². The van der Waals surface area contributed by atoms with Crippen molar-refractivity contribution in [2.24, 2.45) is 5.92 Å². The van der Waals surface area contributed by atoms with Gasteiger partial charge in [0.1, 0.15) is 6.54 Å². The average Bonchev–Trinajstić information content (AvgIpc) is 3.42. The van der Waals surface area contributed by atoms with Crippen LogP contribution in [0.3, 0.4) is 0 Å². The fraction of sp³-hybridized carbons (Fsp3) is 0.278.